The number of fused-ring (bicyclic) bond motifs is 1. The fourth-order valence-electron chi connectivity index (χ4n) is 2.75. The van der Waals surface area contributed by atoms with Crippen LogP contribution in [0.25, 0.3) is 0 Å². The molecule has 21 heavy (non-hydrogen) atoms. The quantitative estimate of drug-likeness (QED) is 0.836. The van der Waals surface area contributed by atoms with Crippen LogP contribution in [0.1, 0.15) is 31.9 Å². The number of hydrogen-bond acceptors (Lipinski definition) is 4. The molecule has 0 fully saturated rings. The first-order valence-corrected chi connectivity index (χ1v) is 7.34. The molecule has 0 bridgehead atoms. The summed E-state index contributed by atoms with van der Waals surface area (Å²) in [6.07, 6.45) is 0.976. The molecule has 0 radical (unpaired) electrons. The van der Waals surface area contributed by atoms with Gasteiger partial charge < -0.3 is 9.47 Å². The van der Waals surface area contributed by atoms with Crippen molar-refractivity contribution in [2.75, 3.05) is 27.3 Å². The monoisotopic (exact) mass is 291 g/mol. The molecule has 0 aliphatic carbocycles. The summed E-state index contributed by atoms with van der Waals surface area (Å²) in [6, 6.07) is 4.13. The molecular formula is C17H25NO3. The molecule has 1 aliphatic rings. The minimum atomic E-state index is -0.298. The minimum absolute atomic E-state index is 0.237. The first kappa shape index (κ1) is 15.8. The number of carbonyl (C=O) groups is 1. The van der Waals surface area contributed by atoms with Gasteiger partial charge in [-0.25, -0.2) is 0 Å². The van der Waals surface area contributed by atoms with E-state index in [1.54, 1.807) is 21.1 Å². The van der Waals surface area contributed by atoms with Crippen LogP contribution >= 0.6 is 0 Å². The van der Waals surface area contributed by atoms with Crippen molar-refractivity contribution in [1.82, 2.24) is 4.90 Å². The highest BCUT2D eigenvalue weighted by Gasteiger charge is 2.29. The maximum atomic E-state index is 11.7. The van der Waals surface area contributed by atoms with Crippen molar-refractivity contribution in [3.8, 4) is 11.5 Å². The number of benzene rings is 1. The Morgan fingerprint density at radius 3 is 2.29 bits per heavy atom. The molecular weight excluding hydrogens is 266 g/mol. The van der Waals surface area contributed by atoms with Crippen molar-refractivity contribution < 1.29 is 14.3 Å². The molecule has 1 heterocycles. The molecule has 1 aliphatic heterocycles. The third-order valence-corrected chi connectivity index (χ3v) is 4.37. The molecule has 0 saturated carbocycles. The molecule has 1 aromatic carbocycles. The van der Waals surface area contributed by atoms with Crippen LogP contribution in [0.4, 0.5) is 0 Å². The van der Waals surface area contributed by atoms with E-state index in [2.05, 4.69) is 17.0 Å². The Labute approximate surface area is 127 Å². The molecule has 1 aromatic rings. The van der Waals surface area contributed by atoms with E-state index >= 15 is 0 Å². The minimum Gasteiger partial charge on any atom is -0.493 e. The van der Waals surface area contributed by atoms with Crippen LogP contribution in [-0.2, 0) is 17.8 Å². The van der Waals surface area contributed by atoms with E-state index < -0.39 is 0 Å². The highest BCUT2D eigenvalue weighted by Crippen LogP contribution is 2.34. The highest BCUT2D eigenvalue weighted by molar-refractivity contribution is 5.81. The van der Waals surface area contributed by atoms with Crippen molar-refractivity contribution in [3.05, 3.63) is 23.3 Å². The Morgan fingerprint density at radius 1 is 1.19 bits per heavy atom. The van der Waals surface area contributed by atoms with E-state index in [0.717, 1.165) is 37.6 Å². The molecule has 0 N–H and O–H groups in total. The lowest BCUT2D eigenvalue weighted by molar-refractivity contribution is -0.126. The summed E-state index contributed by atoms with van der Waals surface area (Å²) in [4.78, 5) is 14.0. The average Bonchev–Trinajstić information content (AvgIpc) is 2.45. The lowest BCUT2D eigenvalue weighted by Gasteiger charge is -2.34. The van der Waals surface area contributed by atoms with Gasteiger partial charge in [0.1, 0.15) is 5.78 Å². The molecule has 4 heteroatoms. The molecule has 0 spiro atoms. The van der Waals surface area contributed by atoms with E-state index in [1.165, 1.54) is 11.1 Å². The van der Waals surface area contributed by atoms with E-state index in [4.69, 9.17) is 9.47 Å². The van der Waals surface area contributed by atoms with E-state index in [9.17, 15) is 4.79 Å². The van der Waals surface area contributed by atoms with Gasteiger partial charge in [0.2, 0.25) is 0 Å². The third kappa shape index (κ3) is 3.38. The third-order valence-electron chi connectivity index (χ3n) is 4.37. The second-order valence-electron chi connectivity index (χ2n) is 6.38. The number of Topliss-reactive ketones (excluding diaryl/α,β-unsaturated/α-hetero) is 1. The molecule has 0 amide bonds. The Balaban J connectivity index is 2.18. The zero-order valence-corrected chi connectivity index (χ0v) is 13.7. The molecule has 0 aromatic heterocycles. The summed E-state index contributed by atoms with van der Waals surface area (Å²) in [5, 5.41) is 0. The number of ether oxygens (including phenoxy) is 2. The number of ketones is 1. The average molecular weight is 291 g/mol. The van der Waals surface area contributed by atoms with E-state index in [0.29, 0.717) is 0 Å². The Morgan fingerprint density at radius 2 is 1.76 bits per heavy atom. The van der Waals surface area contributed by atoms with Crippen molar-refractivity contribution in [3.63, 3.8) is 0 Å². The van der Waals surface area contributed by atoms with Gasteiger partial charge in [0.05, 0.1) is 14.2 Å². The van der Waals surface area contributed by atoms with Crippen LogP contribution in [0.5, 0.6) is 11.5 Å². The van der Waals surface area contributed by atoms with Crippen molar-refractivity contribution >= 4 is 5.78 Å². The molecule has 2 rings (SSSR count). The fraction of sp³-hybridized carbons (Fsp3) is 0.588. The van der Waals surface area contributed by atoms with Gasteiger partial charge in [0.25, 0.3) is 0 Å². The zero-order chi connectivity index (χ0) is 15.6. The predicted molar refractivity (Wildman–Crippen MR) is 83.0 cm³/mol. The second-order valence-corrected chi connectivity index (χ2v) is 6.38. The summed E-state index contributed by atoms with van der Waals surface area (Å²) in [7, 11) is 3.32. The maximum Gasteiger partial charge on any atom is 0.161 e. The van der Waals surface area contributed by atoms with E-state index in [1.807, 2.05) is 13.8 Å². The first-order chi connectivity index (χ1) is 9.87. The lowest BCUT2D eigenvalue weighted by atomic mass is 9.87. The number of hydrogen-bond donors (Lipinski definition) is 0. The Bertz CT molecular complexity index is 537. The number of nitrogens with zero attached hydrogens (tertiary/aromatic N) is 1. The van der Waals surface area contributed by atoms with Crippen LogP contribution in [0.3, 0.4) is 0 Å². The van der Waals surface area contributed by atoms with Gasteiger partial charge in [-0.15, -0.1) is 0 Å². The standard InChI is InChI=1S/C17H25NO3/c1-12(19)17(2,3)11-18-7-6-13-8-15(20-4)16(21-5)9-14(13)10-18/h8-9H,6-7,10-11H2,1-5H3. The van der Waals surface area contributed by atoms with Gasteiger partial charge in [-0.05, 0) is 36.6 Å². The summed E-state index contributed by atoms with van der Waals surface area (Å²) >= 11 is 0. The van der Waals surface area contributed by atoms with Gasteiger partial charge in [0.15, 0.2) is 11.5 Å². The van der Waals surface area contributed by atoms with Gasteiger partial charge in [0, 0.05) is 25.0 Å². The maximum absolute atomic E-state index is 11.7. The van der Waals surface area contributed by atoms with Gasteiger partial charge in [-0.3, -0.25) is 9.69 Å². The number of methoxy groups -OCH3 is 2. The summed E-state index contributed by atoms with van der Waals surface area (Å²) in [6.45, 7) is 8.31. The molecule has 4 nitrogen and oxygen atoms in total. The second kappa shape index (κ2) is 6.06. The fourth-order valence-corrected chi connectivity index (χ4v) is 2.75. The van der Waals surface area contributed by atoms with E-state index in [-0.39, 0.29) is 11.2 Å². The summed E-state index contributed by atoms with van der Waals surface area (Å²) in [5.41, 5.74) is 2.27. The Kier molecular flexibility index (Phi) is 4.57. The van der Waals surface area contributed by atoms with Crippen LogP contribution in [-0.4, -0.2) is 38.0 Å². The van der Waals surface area contributed by atoms with Gasteiger partial charge in [-0.1, -0.05) is 13.8 Å². The first-order valence-electron chi connectivity index (χ1n) is 7.34. The van der Waals surface area contributed by atoms with Crippen molar-refractivity contribution in [2.24, 2.45) is 5.41 Å². The molecule has 0 saturated heterocycles. The van der Waals surface area contributed by atoms with Gasteiger partial charge >= 0.3 is 0 Å². The van der Waals surface area contributed by atoms with Gasteiger partial charge in [-0.2, -0.15) is 0 Å². The van der Waals surface area contributed by atoms with Crippen LogP contribution in [0, 0.1) is 5.41 Å². The summed E-state index contributed by atoms with van der Waals surface area (Å²) in [5.74, 6) is 1.79. The SMILES string of the molecule is COc1cc2c(cc1OC)CN(CC(C)(C)C(C)=O)CC2. The molecule has 116 valence electrons. The van der Waals surface area contributed by atoms with Crippen LogP contribution < -0.4 is 9.47 Å². The smallest absolute Gasteiger partial charge is 0.161 e. The number of carbonyl (C=O) groups excluding carboxylic acids is 1. The predicted octanol–water partition coefficient (Wildman–Crippen LogP) is 2.68. The summed E-state index contributed by atoms with van der Waals surface area (Å²) < 4.78 is 10.7. The molecule has 0 atom stereocenters. The normalized spacial score (nSPS) is 15.5. The highest BCUT2D eigenvalue weighted by atomic mass is 16.5. The van der Waals surface area contributed by atoms with Crippen LogP contribution in [0.15, 0.2) is 12.1 Å². The van der Waals surface area contributed by atoms with Crippen LogP contribution in [0.2, 0.25) is 0 Å². The number of rotatable bonds is 5. The lowest BCUT2D eigenvalue weighted by Crippen LogP contribution is -2.40. The Hall–Kier alpha value is -1.55. The molecule has 0 unspecified atom stereocenters. The topological polar surface area (TPSA) is 38.8 Å². The largest absolute Gasteiger partial charge is 0.493 e. The van der Waals surface area contributed by atoms with Crippen molar-refractivity contribution in [2.45, 2.75) is 33.7 Å². The zero-order valence-electron chi connectivity index (χ0n) is 13.7. The van der Waals surface area contributed by atoms with Crippen molar-refractivity contribution in [1.29, 1.82) is 0 Å².